The first-order valence-corrected chi connectivity index (χ1v) is 5.35. The number of aliphatic hydroxyl groups excluding tert-OH is 1. The van der Waals surface area contributed by atoms with E-state index < -0.39 is 10.7 Å². The zero-order chi connectivity index (χ0) is 12.8. The van der Waals surface area contributed by atoms with Gasteiger partial charge in [0.15, 0.2) is 0 Å². The smallest absolute Gasteiger partial charge is 0.295 e. The van der Waals surface area contributed by atoms with Crippen LogP contribution in [0.4, 0.5) is 15.8 Å². The number of aryl methyl sites for hydroxylation is 1. The summed E-state index contributed by atoms with van der Waals surface area (Å²) in [4.78, 5) is 10.1. The Morgan fingerprint density at radius 1 is 1.47 bits per heavy atom. The lowest BCUT2D eigenvalue weighted by atomic mass is 10.1. The van der Waals surface area contributed by atoms with Crippen LogP contribution >= 0.6 is 0 Å². The van der Waals surface area contributed by atoms with E-state index in [1.54, 1.807) is 6.92 Å². The van der Waals surface area contributed by atoms with E-state index in [9.17, 15) is 14.5 Å². The number of hydrogen-bond acceptors (Lipinski definition) is 4. The summed E-state index contributed by atoms with van der Waals surface area (Å²) >= 11 is 0. The number of nitro groups is 1. The first-order chi connectivity index (χ1) is 8.06. The van der Waals surface area contributed by atoms with Gasteiger partial charge in [0.2, 0.25) is 0 Å². The third-order valence-electron chi connectivity index (χ3n) is 2.37. The fraction of sp³-hybridized carbons (Fsp3) is 0.455. The van der Waals surface area contributed by atoms with Gasteiger partial charge in [-0.2, -0.15) is 0 Å². The van der Waals surface area contributed by atoms with Gasteiger partial charge in [-0.25, -0.2) is 4.39 Å². The standard InChI is InChI=1S/C11H15FN2O3/c1-8-6-10(13-4-2-3-5-15)11(14(16)17)7-9(8)12/h6-7,13,15H,2-5H2,1H3. The first-order valence-electron chi connectivity index (χ1n) is 5.35. The number of halogens is 1. The molecule has 0 radical (unpaired) electrons. The van der Waals surface area contributed by atoms with Crippen LogP contribution in [0.25, 0.3) is 0 Å². The molecule has 0 amide bonds. The summed E-state index contributed by atoms with van der Waals surface area (Å²) in [5, 5.41) is 22.2. The Hall–Kier alpha value is -1.69. The van der Waals surface area contributed by atoms with Crippen molar-refractivity contribution in [3.05, 3.63) is 33.6 Å². The van der Waals surface area contributed by atoms with E-state index >= 15 is 0 Å². The van der Waals surface area contributed by atoms with Crippen LogP contribution in [0.2, 0.25) is 0 Å². The van der Waals surface area contributed by atoms with E-state index in [1.165, 1.54) is 6.07 Å². The summed E-state index contributed by atoms with van der Waals surface area (Å²) in [6.45, 7) is 2.15. The van der Waals surface area contributed by atoms with Gasteiger partial charge in [0.1, 0.15) is 11.5 Å². The van der Waals surface area contributed by atoms with Crippen molar-refractivity contribution in [1.82, 2.24) is 0 Å². The van der Waals surface area contributed by atoms with Gasteiger partial charge in [-0.1, -0.05) is 0 Å². The van der Waals surface area contributed by atoms with Crippen LogP contribution < -0.4 is 5.32 Å². The maximum absolute atomic E-state index is 13.2. The molecule has 2 N–H and O–H groups in total. The van der Waals surface area contributed by atoms with E-state index in [0.717, 1.165) is 6.07 Å². The van der Waals surface area contributed by atoms with E-state index in [2.05, 4.69) is 5.32 Å². The van der Waals surface area contributed by atoms with Crippen molar-refractivity contribution in [1.29, 1.82) is 0 Å². The summed E-state index contributed by atoms with van der Waals surface area (Å²) in [5.41, 5.74) is 0.407. The van der Waals surface area contributed by atoms with Crippen molar-refractivity contribution in [2.24, 2.45) is 0 Å². The maximum atomic E-state index is 13.2. The first kappa shape index (κ1) is 13.4. The lowest BCUT2D eigenvalue weighted by Gasteiger charge is -2.08. The Labute approximate surface area is 98.4 Å². The summed E-state index contributed by atoms with van der Waals surface area (Å²) < 4.78 is 13.2. The van der Waals surface area contributed by atoms with Gasteiger partial charge in [-0.05, 0) is 31.4 Å². The Bertz CT molecular complexity index is 410. The van der Waals surface area contributed by atoms with Gasteiger partial charge in [-0.3, -0.25) is 10.1 Å². The molecule has 17 heavy (non-hydrogen) atoms. The molecule has 0 spiro atoms. The van der Waals surface area contributed by atoms with Crippen molar-refractivity contribution in [2.75, 3.05) is 18.5 Å². The fourth-order valence-corrected chi connectivity index (χ4v) is 1.42. The van der Waals surface area contributed by atoms with E-state index in [1.807, 2.05) is 0 Å². The summed E-state index contributed by atoms with van der Waals surface area (Å²) in [6, 6.07) is 2.34. The molecule has 0 aliphatic carbocycles. The number of rotatable bonds is 6. The molecular formula is C11H15FN2O3. The Morgan fingerprint density at radius 2 is 2.18 bits per heavy atom. The van der Waals surface area contributed by atoms with E-state index in [4.69, 9.17) is 5.11 Å². The highest BCUT2D eigenvalue weighted by molar-refractivity contribution is 5.63. The van der Waals surface area contributed by atoms with Crippen LogP contribution in [0.5, 0.6) is 0 Å². The second-order valence-electron chi connectivity index (χ2n) is 3.73. The molecule has 0 unspecified atom stereocenters. The molecule has 0 aliphatic rings. The third kappa shape index (κ3) is 3.67. The van der Waals surface area contributed by atoms with E-state index in [0.29, 0.717) is 30.6 Å². The largest absolute Gasteiger partial charge is 0.396 e. The molecule has 1 aromatic rings. The summed E-state index contributed by atoms with van der Waals surface area (Å²) in [6.07, 6.45) is 1.32. The lowest BCUT2D eigenvalue weighted by molar-refractivity contribution is -0.384. The topological polar surface area (TPSA) is 75.4 Å². The molecule has 0 atom stereocenters. The fourth-order valence-electron chi connectivity index (χ4n) is 1.42. The van der Waals surface area contributed by atoms with Crippen LogP contribution in [-0.2, 0) is 0 Å². The minimum absolute atomic E-state index is 0.0895. The van der Waals surface area contributed by atoms with Crippen LogP contribution in [0, 0.1) is 22.9 Å². The quantitative estimate of drug-likeness (QED) is 0.455. The van der Waals surface area contributed by atoms with Crippen LogP contribution in [0.3, 0.4) is 0 Å². The summed E-state index contributed by atoms with van der Waals surface area (Å²) in [5.74, 6) is -0.586. The molecule has 0 saturated heterocycles. The highest BCUT2D eigenvalue weighted by atomic mass is 19.1. The predicted molar refractivity (Wildman–Crippen MR) is 62.6 cm³/mol. The van der Waals surface area contributed by atoms with Crippen LogP contribution in [-0.4, -0.2) is 23.2 Å². The van der Waals surface area contributed by atoms with Gasteiger partial charge in [0.25, 0.3) is 5.69 Å². The number of nitro benzene ring substituents is 1. The van der Waals surface area contributed by atoms with Crippen LogP contribution in [0.1, 0.15) is 18.4 Å². The van der Waals surface area contributed by atoms with Gasteiger partial charge < -0.3 is 10.4 Å². The highest BCUT2D eigenvalue weighted by Gasteiger charge is 2.16. The van der Waals surface area contributed by atoms with E-state index in [-0.39, 0.29) is 12.3 Å². The number of unbranched alkanes of at least 4 members (excludes halogenated alkanes) is 1. The highest BCUT2D eigenvalue weighted by Crippen LogP contribution is 2.27. The molecule has 0 heterocycles. The SMILES string of the molecule is Cc1cc(NCCCCO)c([N+](=O)[O-])cc1F. The monoisotopic (exact) mass is 242 g/mol. The molecule has 1 rings (SSSR count). The molecule has 0 aliphatic heterocycles. The molecule has 6 heteroatoms. The van der Waals surface area contributed by atoms with Crippen molar-refractivity contribution in [3.8, 4) is 0 Å². The Balaban J connectivity index is 2.81. The molecule has 0 bridgehead atoms. The molecule has 0 saturated carbocycles. The van der Waals surface area contributed by atoms with Crippen molar-refractivity contribution >= 4 is 11.4 Å². The molecule has 1 aromatic carbocycles. The summed E-state index contributed by atoms with van der Waals surface area (Å²) in [7, 11) is 0. The number of nitrogens with zero attached hydrogens (tertiary/aromatic N) is 1. The number of nitrogens with one attached hydrogen (secondary N) is 1. The maximum Gasteiger partial charge on any atom is 0.295 e. The van der Waals surface area contributed by atoms with Crippen molar-refractivity contribution in [3.63, 3.8) is 0 Å². The second kappa shape index (κ2) is 6.15. The Morgan fingerprint density at radius 3 is 2.76 bits per heavy atom. The van der Waals surface area contributed by atoms with Crippen molar-refractivity contribution in [2.45, 2.75) is 19.8 Å². The normalized spacial score (nSPS) is 10.3. The Kier molecular flexibility index (Phi) is 4.84. The van der Waals surface area contributed by atoms with Crippen molar-refractivity contribution < 1.29 is 14.4 Å². The van der Waals surface area contributed by atoms with Gasteiger partial charge >= 0.3 is 0 Å². The molecule has 5 nitrogen and oxygen atoms in total. The molecule has 0 aromatic heterocycles. The zero-order valence-electron chi connectivity index (χ0n) is 9.57. The number of anilines is 1. The average Bonchev–Trinajstić information content (AvgIpc) is 2.28. The predicted octanol–water partition coefficient (Wildman–Crippen LogP) is 2.23. The van der Waals surface area contributed by atoms with Crippen LogP contribution in [0.15, 0.2) is 12.1 Å². The minimum Gasteiger partial charge on any atom is -0.396 e. The average molecular weight is 242 g/mol. The van der Waals surface area contributed by atoms with Gasteiger partial charge in [0.05, 0.1) is 11.0 Å². The van der Waals surface area contributed by atoms with Gasteiger partial charge in [-0.15, -0.1) is 0 Å². The minimum atomic E-state index is -0.614. The van der Waals surface area contributed by atoms with Gasteiger partial charge in [0, 0.05) is 13.2 Å². The number of benzene rings is 1. The number of hydrogen-bond donors (Lipinski definition) is 2. The number of aliphatic hydroxyl groups is 1. The molecular weight excluding hydrogens is 227 g/mol. The second-order valence-corrected chi connectivity index (χ2v) is 3.73. The lowest BCUT2D eigenvalue weighted by Crippen LogP contribution is -2.06. The molecule has 0 fully saturated rings. The molecule has 94 valence electrons. The zero-order valence-corrected chi connectivity index (χ0v) is 9.57. The third-order valence-corrected chi connectivity index (χ3v) is 2.37.